The van der Waals surface area contributed by atoms with E-state index in [0.717, 1.165) is 54.8 Å². The summed E-state index contributed by atoms with van der Waals surface area (Å²) in [6.45, 7) is 8.20. The van der Waals surface area contributed by atoms with E-state index in [4.69, 9.17) is 32.8 Å². The number of nitriles is 1. The molecule has 0 saturated carbocycles. The predicted molar refractivity (Wildman–Crippen MR) is 208 cm³/mol. The summed E-state index contributed by atoms with van der Waals surface area (Å²) in [6.07, 6.45) is 8.17. The minimum atomic E-state index is -1.29. The van der Waals surface area contributed by atoms with E-state index < -0.39 is 16.1 Å². The van der Waals surface area contributed by atoms with Gasteiger partial charge in [0.1, 0.15) is 27.2 Å². The summed E-state index contributed by atoms with van der Waals surface area (Å²) in [7, 11) is 1.63. The van der Waals surface area contributed by atoms with Gasteiger partial charge in [0.25, 0.3) is 0 Å². The zero-order valence-corrected chi connectivity index (χ0v) is 32.0. The van der Waals surface area contributed by atoms with E-state index in [2.05, 4.69) is 49.8 Å². The fraction of sp³-hybridized carbons (Fsp3) is 0.368. The molecule has 2 aromatic carbocycles. The maximum atomic E-state index is 13.6. The van der Waals surface area contributed by atoms with Crippen molar-refractivity contribution in [3.8, 4) is 23.8 Å². The standard InChI is InChI=1S/C38H42ClN9O2S2/c1-37(2,3)52(49)46-33-29-20-25(6-5-17-47(24-40)23-26-8-11-28(50-4)12-9-26)7-10-27(29)21-38(33)14-18-48(19-15-38)31-22-44-36(35(42)45-31)51-30-13-16-43-34(41)32(30)39/h7-13,16,20,22,33,46H,14-15,17-19,21,23H2,1-4H3,(H2,41,43)(H2,42,45)/t33-,52?/m1/s1. The molecule has 2 aromatic heterocycles. The molecule has 1 aliphatic heterocycles. The van der Waals surface area contributed by atoms with Crippen molar-refractivity contribution in [1.29, 1.82) is 5.26 Å². The Morgan fingerprint density at radius 2 is 1.88 bits per heavy atom. The van der Waals surface area contributed by atoms with E-state index in [-0.39, 0.29) is 17.3 Å². The Balaban J connectivity index is 1.17. The van der Waals surface area contributed by atoms with Crippen LogP contribution in [0.4, 0.5) is 17.5 Å². The molecule has 1 fully saturated rings. The van der Waals surface area contributed by atoms with Crippen LogP contribution in [-0.2, 0) is 24.3 Å². The van der Waals surface area contributed by atoms with Crippen LogP contribution < -0.4 is 25.8 Å². The van der Waals surface area contributed by atoms with Gasteiger partial charge in [-0.25, -0.2) is 15.0 Å². The molecule has 1 spiro atoms. The molecule has 14 heteroatoms. The van der Waals surface area contributed by atoms with Gasteiger partial charge in [0.15, 0.2) is 12.0 Å². The lowest BCUT2D eigenvalue weighted by atomic mass is 9.73. The molecule has 1 aliphatic carbocycles. The smallest absolute Gasteiger partial charge is 0.180 e. The summed E-state index contributed by atoms with van der Waals surface area (Å²) in [6, 6.07) is 15.6. The molecule has 4 aromatic rings. The first-order chi connectivity index (χ1) is 24.9. The Bertz CT molecular complexity index is 2020. The third kappa shape index (κ3) is 8.30. The predicted octanol–water partition coefficient (Wildman–Crippen LogP) is 6.12. The summed E-state index contributed by atoms with van der Waals surface area (Å²) in [5.74, 6) is 8.52. The number of hydrogen-bond acceptors (Lipinski definition) is 12. The number of benzene rings is 2. The highest BCUT2D eigenvalue weighted by Crippen LogP contribution is 2.53. The second-order valence-corrected chi connectivity index (χ2v) is 17.4. The molecular weight excluding hydrogens is 714 g/mol. The van der Waals surface area contributed by atoms with Crippen LogP contribution in [0.25, 0.3) is 0 Å². The number of pyridine rings is 1. The van der Waals surface area contributed by atoms with Crippen LogP contribution >= 0.6 is 23.4 Å². The molecule has 0 amide bonds. The van der Waals surface area contributed by atoms with Gasteiger partial charge in [-0.1, -0.05) is 53.4 Å². The number of aromatic nitrogens is 3. The summed E-state index contributed by atoms with van der Waals surface area (Å²) in [5.41, 5.74) is 16.3. The van der Waals surface area contributed by atoms with Crippen molar-refractivity contribution in [1.82, 2.24) is 24.6 Å². The lowest BCUT2D eigenvalue weighted by Gasteiger charge is -2.44. The van der Waals surface area contributed by atoms with Gasteiger partial charge in [-0.05, 0) is 87.1 Å². The number of hydrogen-bond donors (Lipinski definition) is 3. The molecular formula is C38H42ClN9O2S2. The number of nitrogens with zero attached hydrogens (tertiary/aromatic N) is 6. The van der Waals surface area contributed by atoms with Gasteiger partial charge < -0.3 is 25.7 Å². The van der Waals surface area contributed by atoms with Gasteiger partial charge in [-0.2, -0.15) is 5.26 Å². The Morgan fingerprint density at radius 3 is 2.56 bits per heavy atom. The van der Waals surface area contributed by atoms with Crippen molar-refractivity contribution in [2.45, 2.75) is 67.3 Å². The van der Waals surface area contributed by atoms with Crippen LogP contribution in [0.15, 0.2) is 70.8 Å². The van der Waals surface area contributed by atoms with Crippen LogP contribution in [0.3, 0.4) is 0 Å². The lowest BCUT2D eigenvalue weighted by Crippen LogP contribution is -2.49. The molecule has 6 rings (SSSR count). The first kappa shape index (κ1) is 37.4. The average Bonchev–Trinajstić information content (AvgIpc) is 3.41. The Hall–Kier alpha value is -4.37. The third-order valence-electron chi connectivity index (χ3n) is 9.49. The monoisotopic (exact) mass is 755 g/mol. The number of rotatable bonds is 9. The van der Waals surface area contributed by atoms with E-state index in [0.29, 0.717) is 39.7 Å². The number of halogens is 1. The van der Waals surface area contributed by atoms with Gasteiger partial charge >= 0.3 is 0 Å². The van der Waals surface area contributed by atoms with Crippen molar-refractivity contribution < 1.29 is 9.29 Å². The molecule has 11 nitrogen and oxygen atoms in total. The van der Waals surface area contributed by atoms with Gasteiger partial charge in [-0.3, -0.25) is 4.90 Å². The molecule has 5 N–H and O–H groups in total. The largest absolute Gasteiger partial charge is 0.598 e. The number of nitrogen functional groups attached to an aromatic ring is 2. The molecule has 270 valence electrons. The second-order valence-electron chi connectivity index (χ2n) is 14.0. The number of nitrogens with one attached hydrogen (secondary N) is 1. The molecule has 2 atom stereocenters. The van der Waals surface area contributed by atoms with E-state index in [1.165, 1.54) is 17.3 Å². The molecule has 0 bridgehead atoms. The maximum absolute atomic E-state index is 13.6. The van der Waals surface area contributed by atoms with Gasteiger partial charge in [0.05, 0.1) is 37.5 Å². The Morgan fingerprint density at radius 1 is 1.13 bits per heavy atom. The molecule has 1 saturated heterocycles. The van der Waals surface area contributed by atoms with Crippen molar-refractivity contribution in [2.24, 2.45) is 5.41 Å². The number of anilines is 3. The Labute approximate surface area is 317 Å². The quantitative estimate of drug-likeness (QED) is 0.0777. The van der Waals surface area contributed by atoms with E-state index in [1.54, 1.807) is 30.5 Å². The Kier molecular flexibility index (Phi) is 11.3. The van der Waals surface area contributed by atoms with Gasteiger partial charge in [0, 0.05) is 46.5 Å². The second kappa shape index (κ2) is 15.7. The number of fused-ring (bicyclic) bond motifs is 1. The fourth-order valence-corrected chi connectivity index (χ4v) is 8.54. The van der Waals surface area contributed by atoms with Crippen molar-refractivity contribution in [3.05, 3.63) is 88.2 Å². The maximum Gasteiger partial charge on any atom is 0.180 e. The lowest BCUT2D eigenvalue weighted by molar-refractivity contribution is 0.176. The SMILES string of the molecule is COc1ccc(CN(C#N)CC#Cc2ccc3c(c2)[C@@H](N[S+]([O-])C(C)(C)C)C2(CCN(c4cnc(Sc5ccnc(N)c5Cl)c(N)n4)CC2)C3)cc1. The van der Waals surface area contributed by atoms with E-state index >= 15 is 0 Å². The first-order valence-electron chi connectivity index (χ1n) is 16.9. The number of nitrogens with two attached hydrogens (primary N) is 2. The van der Waals surface area contributed by atoms with Crippen LogP contribution in [0.1, 0.15) is 61.9 Å². The minimum absolute atomic E-state index is 0.121. The van der Waals surface area contributed by atoms with Crippen molar-refractivity contribution >= 4 is 52.2 Å². The molecule has 2 aliphatic rings. The number of piperidine rings is 1. The summed E-state index contributed by atoms with van der Waals surface area (Å²) < 4.78 is 22.0. The molecule has 52 heavy (non-hydrogen) atoms. The zero-order valence-electron chi connectivity index (χ0n) is 29.6. The zero-order chi connectivity index (χ0) is 37.0. The molecule has 1 unspecified atom stereocenters. The van der Waals surface area contributed by atoms with Gasteiger partial charge in [-0.15, -0.1) is 4.72 Å². The van der Waals surface area contributed by atoms with Gasteiger partial charge in [0.2, 0.25) is 0 Å². The van der Waals surface area contributed by atoms with Crippen LogP contribution in [0, 0.1) is 28.7 Å². The molecule has 3 heterocycles. The van der Waals surface area contributed by atoms with Crippen molar-refractivity contribution in [2.75, 3.05) is 43.1 Å². The highest BCUT2D eigenvalue weighted by molar-refractivity contribution is 7.99. The number of ether oxygens (including phenoxy) is 1. The van der Waals surface area contributed by atoms with Crippen molar-refractivity contribution in [3.63, 3.8) is 0 Å². The average molecular weight is 756 g/mol. The summed E-state index contributed by atoms with van der Waals surface area (Å²) in [5, 5.41) is 10.6. The summed E-state index contributed by atoms with van der Waals surface area (Å²) >= 11 is 6.35. The van der Waals surface area contributed by atoms with E-state index in [1.807, 2.05) is 51.1 Å². The number of methoxy groups -OCH3 is 1. The highest BCUT2D eigenvalue weighted by atomic mass is 35.5. The third-order valence-corrected chi connectivity index (χ3v) is 12.6. The highest BCUT2D eigenvalue weighted by Gasteiger charge is 2.50. The van der Waals surface area contributed by atoms with Crippen LogP contribution in [0.2, 0.25) is 5.02 Å². The van der Waals surface area contributed by atoms with Crippen LogP contribution in [-0.4, -0.2) is 55.9 Å². The van der Waals surface area contributed by atoms with E-state index in [9.17, 15) is 9.81 Å². The summed E-state index contributed by atoms with van der Waals surface area (Å²) in [4.78, 5) is 17.9. The first-order valence-corrected chi connectivity index (χ1v) is 19.3. The van der Waals surface area contributed by atoms with Crippen LogP contribution in [0.5, 0.6) is 5.75 Å². The topological polar surface area (TPSA) is 165 Å². The minimum Gasteiger partial charge on any atom is -0.598 e. The normalized spacial score (nSPS) is 16.8. The fourth-order valence-electron chi connectivity index (χ4n) is 6.59. The molecule has 0 radical (unpaired) electrons.